The van der Waals surface area contributed by atoms with Crippen LogP contribution in [0.2, 0.25) is 0 Å². The molecule has 98 valence electrons. The van der Waals surface area contributed by atoms with Crippen molar-refractivity contribution in [3.05, 3.63) is 11.6 Å². The number of Topliss-reactive ketones (excluding diaryl/α,β-unsaturated/α-hetero) is 1. The summed E-state index contributed by atoms with van der Waals surface area (Å²) in [6, 6.07) is 0. The van der Waals surface area contributed by atoms with E-state index >= 15 is 0 Å². The summed E-state index contributed by atoms with van der Waals surface area (Å²) in [6.07, 6.45) is 5.78. The van der Waals surface area contributed by atoms with Gasteiger partial charge in [0.25, 0.3) is 0 Å². The lowest BCUT2D eigenvalue weighted by atomic mass is 9.88. The molecule has 0 radical (unpaired) electrons. The lowest BCUT2D eigenvalue weighted by Gasteiger charge is -2.17. The average Bonchev–Trinajstić information content (AvgIpc) is 2.29. The Labute approximate surface area is 104 Å². The molecular formula is C13H22O3S. The van der Waals surface area contributed by atoms with Gasteiger partial charge in [0, 0.05) is 12.2 Å². The van der Waals surface area contributed by atoms with Gasteiger partial charge in [-0.3, -0.25) is 4.79 Å². The SMILES string of the molecule is CCS(=O)(=O)CCCC(=O)C1=CCC(C)CC1. The van der Waals surface area contributed by atoms with E-state index in [2.05, 4.69) is 6.92 Å². The van der Waals surface area contributed by atoms with E-state index in [1.54, 1.807) is 6.92 Å². The molecule has 4 heteroatoms. The second-order valence-electron chi connectivity index (χ2n) is 4.87. The largest absolute Gasteiger partial charge is 0.295 e. The number of allylic oxidation sites excluding steroid dienone is 2. The molecule has 0 fully saturated rings. The van der Waals surface area contributed by atoms with Crippen molar-refractivity contribution in [3.63, 3.8) is 0 Å². The van der Waals surface area contributed by atoms with Crippen LogP contribution in [0, 0.1) is 5.92 Å². The molecule has 1 aliphatic rings. The minimum atomic E-state index is -2.93. The summed E-state index contributed by atoms with van der Waals surface area (Å²) in [5, 5.41) is 0. The monoisotopic (exact) mass is 258 g/mol. The summed E-state index contributed by atoms with van der Waals surface area (Å²) < 4.78 is 22.5. The van der Waals surface area contributed by atoms with E-state index in [9.17, 15) is 13.2 Å². The van der Waals surface area contributed by atoms with Crippen molar-refractivity contribution in [1.82, 2.24) is 0 Å². The molecule has 0 saturated carbocycles. The molecule has 0 saturated heterocycles. The van der Waals surface area contributed by atoms with E-state index in [0.717, 1.165) is 24.8 Å². The zero-order chi connectivity index (χ0) is 12.9. The topological polar surface area (TPSA) is 51.2 Å². The fourth-order valence-electron chi connectivity index (χ4n) is 1.98. The minimum absolute atomic E-state index is 0.138. The molecule has 1 unspecified atom stereocenters. The Balaban J connectivity index is 2.36. The molecule has 0 amide bonds. The van der Waals surface area contributed by atoms with Crippen molar-refractivity contribution < 1.29 is 13.2 Å². The van der Waals surface area contributed by atoms with Crippen molar-refractivity contribution in [2.24, 2.45) is 5.92 Å². The van der Waals surface area contributed by atoms with Gasteiger partial charge in [0.15, 0.2) is 5.78 Å². The van der Waals surface area contributed by atoms with Gasteiger partial charge in [-0.05, 0) is 37.2 Å². The molecule has 1 aliphatic carbocycles. The Hall–Kier alpha value is -0.640. The van der Waals surface area contributed by atoms with Crippen LogP contribution >= 0.6 is 0 Å². The Kier molecular flexibility index (Phi) is 5.37. The fraction of sp³-hybridized carbons (Fsp3) is 0.769. The van der Waals surface area contributed by atoms with E-state index in [1.165, 1.54) is 0 Å². The summed E-state index contributed by atoms with van der Waals surface area (Å²) in [7, 11) is -2.93. The fourth-order valence-corrected chi connectivity index (χ4v) is 2.85. The highest BCUT2D eigenvalue weighted by atomic mass is 32.2. The van der Waals surface area contributed by atoms with Gasteiger partial charge in [0.1, 0.15) is 9.84 Å². The summed E-state index contributed by atoms with van der Waals surface area (Å²) in [5.74, 6) is 1.12. The molecule has 1 atom stereocenters. The molecular weight excluding hydrogens is 236 g/mol. The van der Waals surface area contributed by atoms with Gasteiger partial charge in [-0.2, -0.15) is 0 Å². The third kappa shape index (κ3) is 5.02. The zero-order valence-corrected chi connectivity index (χ0v) is 11.6. The van der Waals surface area contributed by atoms with Gasteiger partial charge in [0.05, 0.1) is 5.75 Å². The van der Waals surface area contributed by atoms with E-state index in [-0.39, 0.29) is 17.3 Å². The number of ketones is 1. The van der Waals surface area contributed by atoms with Crippen LogP contribution in [-0.2, 0) is 14.6 Å². The van der Waals surface area contributed by atoms with Crippen molar-refractivity contribution in [1.29, 1.82) is 0 Å². The van der Waals surface area contributed by atoms with Gasteiger partial charge < -0.3 is 0 Å². The maximum Gasteiger partial charge on any atom is 0.158 e. The second kappa shape index (κ2) is 6.34. The quantitative estimate of drug-likeness (QED) is 0.735. The Morgan fingerprint density at radius 2 is 2.18 bits per heavy atom. The molecule has 0 aromatic rings. The summed E-state index contributed by atoms with van der Waals surface area (Å²) in [6.45, 7) is 3.83. The smallest absolute Gasteiger partial charge is 0.158 e. The molecule has 0 heterocycles. The van der Waals surface area contributed by atoms with Gasteiger partial charge in [-0.15, -0.1) is 0 Å². The highest BCUT2D eigenvalue weighted by Crippen LogP contribution is 2.24. The molecule has 0 N–H and O–H groups in total. The number of rotatable bonds is 6. The third-order valence-electron chi connectivity index (χ3n) is 3.33. The second-order valence-corrected chi connectivity index (χ2v) is 7.34. The average molecular weight is 258 g/mol. The summed E-state index contributed by atoms with van der Waals surface area (Å²) >= 11 is 0. The Bertz CT molecular complexity index is 393. The number of carbonyl (C=O) groups excluding carboxylic acids is 1. The maximum absolute atomic E-state index is 11.8. The summed E-state index contributed by atoms with van der Waals surface area (Å²) in [5.41, 5.74) is 0.914. The molecule has 0 aromatic heterocycles. The Morgan fingerprint density at radius 3 is 2.71 bits per heavy atom. The van der Waals surface area contributed by atoms with Gasteiger partial charge in [0.2, 0.25) is 0 Å². The van der Waals surface area contributed by atoms with Crippen LogP contribution in [0.3, 0.4) is 0 Å². The molecule has 0 spiro atoms. The first-order chi connectivity index (χ1) is 7.94. The van der Waals surface area contributed by atoms with Crippen molar-refractivity contribution >= 4 is 15.6 Å². The highest BCUT2D eigenvalue weighted by molar-refractivity contribution is 7.91. The van der Waals surface area contributed by atoms with E-state index < -0.39 is 9.84 Å². The third-order valence-corrected chi connectivity index (χ3v) is 5.12. The molecule has 17 heavy (non-hydrogen) atoms. The lowest BCUT2D eigenvalue weighted by Crippen LogP contribution is -2.13. The van der Waals surface area contributed by atoms with Crippen LogP contribution in [0.1, 0.15) is 46.0 Å². The first-order valence-corrected chi connectivity index (χ1v) is 8.19. The highest BCUT2D eigenvalue weighted by Gasteiger charge is 2.16. The van der Waals surface area contributed by atoms with Crippen molar-refractivity contribution in [2.75, 3.05) is 11.5 Å². The van der Waals surface area contributed by atoms with E-state index in [4.69, 9.17) is 0 Å². The Morgan fingerprint density at radius 1 is 1.47 bits per heavy atom. The van der Waals surface area contributed by atoms with E-state index in [1.807, 2.05) is 6.08 Å². The van der Waals surface area contributed by atoms with Crippen LogP contribution < -0.4 is 0 Å². The maximum atomic E-state index is 11.8. The zero-order valence-electron chi connectivity index (χ0n) is 10.7. The van der Waals surface area contributed by atoms with Crippen LogP contribution in [0.25, 0.3) is 0 Å². The number of hydrogen-bond acceptors (Lipinski definition) is 3. The molecule has 3 nitrogen and oxygen atoms in total. The van der Waals surface area contributed by atoms with Crippen LogP contribution in [-0.4, -0.2) is 25.7 Å². The number of carbonyl (C=O) groups is 1. The van der Waals surface area contributed by atoms with Gasteiger partial charge in [-0.25, -0.2) is 8.42 Å². The summed E-state index contributed by atoms with van der Waals surface area (Å²) in [4.78, 5) is 11.8. The molecule has 0 aromatic carbocycles. The lowest BCUT2D eigenvalue weighted by molar-refractivity contribution is -0.115. The first-order valence-electron chi connectivity index (χ1n) is 6.37. The standard InChI is InChI=1S/C13H22O3S/c1-3-17(15,16)10-4-5-13(14)12-8-6-11(2)7-9-12/h8,11H,3-7,9-10H2,1-2H3. The number of hydrogen-bond donors (Lipinski definition) is 0. The van der Waals surface area contributed by atoms with E-state index in [0.29, 0.717) is 18.8 Å². The van der Waals surface area contributed by atoms with Crippen LogP contribution in [0.4, 0.5) is 0 Å². The van der Waals surface area contributed by atoms with Crippen LogP contribution in [0.5, 0.6) is 0 Å². The van der Waals surface area contributed by atoms with Gasteiger partial charge >= 0.3 is 0 Å². The molecule has 0 aliphatic heterocycles. The minimum Gasteiger partial charge on any atom is -0.295 e. The van der Waals surface area contributed by atoms with Crippen LogP contribution in [0.15, 0.2) is 11.6 Å². The normalized spacial score (nSPS) is 21.1. The van der Waals surface area contributed by atoms with Gasteiger partial charge in [-0.1, -0.05) is 19.9 Å². The molecule has 0 bridgehead atoms. The van der Waals surface area contributed by atoms with Crippen molar-refractivity contribution in [3.8, 4) is 0 Å². The predicted molar refractivity (Wildman–Crippen MR) is 69.7 cm³/mol. The predicted octanol–water partition coefficient (Wildman–Crippen LogP) is 2.52. The molecule has 1 rings (SSSR count). The van der Waals surface area contributed by atoms with Crippen molar-refractivity contribution in [2.45, 2.75) is 46.0 Å². The number of sulfone groups is 1. The first kappa shape index (κ1) is 14.4.